The van der Waals surface area contributed by atoms with Gasteiger partial charge < -0.3 is 4.90 Å². The molecule has 1 aliphatic heterocycles. The molecule has 0 spiro atoms. The minimum atomic E-state index is 0.00940. The van der Waals surface area contributed by atoms with E-state index in [0.717, 1.165) is 23.5 Å². The average Bonchev–Trinajstić information content (AvgIpc) is 3.03. The highest BCUT2D eigenvalue weighted by Crippen LogP contribution is 2.21. The molecule has 3 heterocycles. The first-order valence-corrected chi connectivity index (χ1v) is 9.59. The highest BCUT2D eigenvalue weighted by atomic mass is 32.1. The number of aryl methyl sites for hydroxylation is 1. The summed E-state index contributed by atoms with van der Waals surface area (Å²) < 4.78 is 1.69. The molecule has 0 aromatic carbocycles. The Morgan fingerprint density at radius 1 is 1.36 bits per heavy atom. The van der Waals surface area contributed by atoms with Crippen molar-refractivity contribution in [1.29, 1.82) is 0 Å². The number of nitrogens with zero attached hydrogens (tertiary/aromatic N) is 4. The van der Waals surface area contributed by atoms with Gasteiger partial charge in [-0.25, -0.2) is 9.97 Å². The average molecular weight is 360 g/mol. The molecule has 134 valence electrons. The molecule has 0 atom stereocenters. The Bertz CT molecular complexity index is 803. The van der Waals surface area contributed by atoms with E-state index in [9.17, 15) is 9.59 Å². The second-order valence-electron chi connectivity index (χ2n) is 6.95. The van der Waals surface area contributed by atoms with Gasteiger partial charge >= 0.3 is 0 Å². The van der Waals surface area contributed by atoms with E-state index in [1.807, 2.05) is 31.1 Å². The van der Waals surface area contributed by atoms with E-state index in [4.69, 9.17) is 0 Å². The van der Waals surface area contributed by atoms with E-state index in [0.29, 0.717) is 31.2 Å². The molecule has 0 bridgehead atoms. The fraction of sp³-hybridized carbons (Fsp3) is 0.556. The monoisotopic (exact) mass is 360 g/mol. The van der Waals surface area contributed by atoms with Gasteiger partial charge in [0.2, 0.25) is 0 Å². The molecule has 25 heavy (non-hydrogen) atoms. The quantitative estimate of drug-likeness (QED) is 0.841. The Morgan fingerprint density at radius 3 is 2.64 bits per heavy atom. The second kappa shape index (κ2) is 7.47. The molecule has 1 saturated heterocycles. The summed E-state index contributed by atoms with van der Waals surface area (Å²) in [6.07, 6.45) is 3.45. The van der Waals surface area contributed by atoms with Crippen LogP contribution in [0.3, 0.4) is 0 Å². The Labute approximate surface area is 151 Å². The minimum absolute atomic E-state index is 0.00940. The smallest absolute Gasteiger partial charge is 0.273 e. The van der Waals surface area contributed by atoms with Gasteiger partial charge in [0.25, 0.3) is 11.5 Å². The largest absolute Gasteiger partial charge is 0.337 e. The third-order valence-corrected chi connectivity index (χ3v) is 5.46. The molecule has 2 aromatic rings. The maximum absolute atomic E-state index is 12.4. The number of carbonyl (C=O) groups excluding carboxylic acids is 1. The minimum Gasteiger partial charge on any atom is -0.337 e. The molecule has 1 aliphatic rings. The molecule has 0 radical (unpaired) electrons. The molecule has 0 saturated carbocycles. The van der Waals surface area contributed by atoms with Crippen LogP contribution in [0.15, 0.2) is 22.6 Å². The summed E-state index contributed by atoms with van der Waals surface area (Å²) in [5.74, 6) is 0.666. The molecule has 7 heteroatoms. The Morgan fingerprint density at radius 2 is 2.08 bits per heavy atom. The van der Waals surface area contributed by atoms with E-state index in [-0.39, 0.29) is 17.4 Å². The fourth-order valence-electron chi connectivity index (χ4n) is 3.11. The fourth-order valence-corrected chi connectivity index (χ4v) is 3.70. The van der Waals surface area contributed by atoms with Crippen LogP contribution in [-0.4, -0.2) is 38.4 Å². The molecule has 6 nitrogen and oxygen atoms in total. The van der Waals surface area contributed by atoms with Crippen LogP contribution in [0.25, 0.3) is 0 Å². The van der Waals surface area contributed by atoms with Gasteiger partial charge in [0.1, 0.15) is 5.69 Å². The van der Waals surface area contributed by atoms with Crippen LogP contribution < -0.4 is 5.56 Å². The highest BCUT2D eigenvalue weighted by molar-refractivity contribution is 7.09. The number of rotatable bonds is 4. The van der Waals surface area contributed by atoms with E-state index < -0.39 is 0 Å². The van der Waals surface area contributed by atoms with Gasteiger partial charge in [-0.3, -0.25) is 14.2 Å². The van der Waals surface area contributed by atoms with Gasteiger partial charge in [0, 0.05) is 31.1 Å². The molecule has 2 aromatic heterocycles. The summed E-state index contributed by atoms with van der Waals surface area (Å²) in [7, 11) is 0. The normalized spacial score (nSPS) is 15.8. The molecular formula is C18H24N4O2S. The van der Waals surface area contributed by atoms with Gasteiger partial charge in [-0.2, -0.15) is 0 Å². The lowest BCUT2D eigenvalue weighted by Gasteiger charge is -2.31. The molecule has 1 fully saturated rings. The summed E-state index contributed by atoms with van der Waals surface area (Å²) >= 11 is 1.50. The van der Waals surface area contributed by atoms with Crippen molar-refractivity contribution in [2.75, 3.05) is 13.1 Å². The van der Waals surface area contributed by atoms with Crippen molar-refractivity contribution in [1.82, 2.24) is 19.4 Å². The van der Waals surface area contributed by atoms with Crippen molar-refractivity contribution in [3.63, 3.8) is 0 Å². The summed E-state index contributed by atoms with van der Waals surface area (Å²) in [6, 6.07) is 1.63. The second-order valence-corrected chi connectivity index (χ2v) is 8.01. The lowest BCUT2D eigenvalue weighted by Crippen LogP contribution is -2.40. The number of carbonyl (C=O) groups is 1. The van der Waals surface area contributed by atoms with Gasteiger partial charge in [-0.1, -0.05) is 13.8 Å². The molecule has 1 amide bonds. The Hall–Kier alpha value is -2.02. The van der Waals surface area contributed by atoms with Crippen molar-refractivity contribution in [2.45, 2.75) is 46.1 Å². The van der Waals surface area contributed by atoms with Crippen LogP contribution in [0, 0.1) is 12.8 Å². The van der Waals surface area contributed by atoms with Gasteiger partial charge in [0.05, 0.1) is 17.0 Å². The lowest BCUT2D eigenvalue weighted by molar-refractivity contribution is 0.0677. The highest BCUT2D eigenvalue weighted by Gasteiger charge is 2.25. The SMILES string of the molecule is Cc1nc(C(=O)N2CCC(Cn3cnc(C(C)C)cc3=O)CC2)cs1. The predicted octanol–water partition coefficient (Wildman–Crippen LogP) is 2.68. The maximum atomic E-state index is 12.4. The third-order valence-electron chi connectivity index (χ3n) is 4.69. The topological polar surface area (TPSA) is 68.1 Å². The van der Waals surface area contributed by atoms with E-state index in [1.54, 1.807) is 17.0 Å². The first-order chi connectivity index (χ1) is 11.9. The van der Waals surface area contributed by atoms with Crippen molar-refractivity contribution in [3.05, 3.63) is 44.5 Å². The van der Waals surface area contributed by atoms with Gasteiger partial charge in [0.15, 0.2) is 0 Å². The number of thiazole rings is 1. The Balaban J connectivity index is 1.58. The van der Waals surface area contributed by atoms with Crippen molar-refractivity contribution < 1.29 is 4.79 Å². The van der Waals surface area contributed by atoms with Crippen LogP contribution >= 0.6 is 11.3 Å². The lowest BCUT2D eigenvalue weighted by atomic mass is 9.96. The number of aromatic nitrogens is 3. The molecule has 0 aliphatic carbocycles. The summed E-state index contributed by atoms with van der Waals surface area (Å²) in [5.41, 5.74) is 1.39. The molecule has 3 rings (SSSR count). The standard InChI is InChI=1S/C18H24N4O2S/c1-12(2)15-8-17(23)22(11-19-15)9-14-4-6-21(7-5-14)18(24)16-10-25-13(3)20-16/h8,10-12,14H,4-7,9H2,1-3H3. The van der Waals surface area contributed by atoms with Crippen molar-refractivity contribution in [2.24, 2.45) is 5.92 Å². The van der Waals surface area contributed by atoms with Gasteiger partial charge in [-0.05, 0) is 31.6 Å². The molecular weight excluding hydrogens is 336 g/mol. The number of hydrogen-bond donors (Lipinski definition) is 0. The predicted molar refractivity (Wildman–Crippen MR) is 98.1 cm³/mol. The summed E-state index contributed by atoms with van der Waals surface area (Å²) in [5, 5.41) is 2.74. The zero-order valence-corrected chi connectivity index (χ0v) is 15.8. The molecule has 0 N–H and O–H groups in total. The molecule has 0 unspecified atom stereocenters. The Kier molecular flexibility index (Phi) is 5.32. The summed E-state index contributed by atoms with van der Waals surface area (Å²) in [4.78, 5) is 35.2. The van der Waals surface area contributed by atoms with Crippen LogP contribution in [0.1, 0.15) is 53.8 Å². The summed E-state index contributed by atoms with van der Waals surface area (Å²) in [6.45, 7) is 8.07. The first-order valence-electron chi connectivity index (χ1n) is 8.72. The number of hydrogen-bond acceptors (Lipinski definition) is 5. The van der Waals surface area contributed by atoms with Crippen LogP contribution in [-0.2, 0) is 6.54 Å². The van der Waals surface area contributed by atoms with E-state index in [1.165, 1.54) is 11.3 Å². The van der Waals surface area contributed by atoms with Crippen molar-refractivity contribution >= 4 is 17.2 Å². The van der Waals surface area contributed by atoms with Crippen LogP contribution in [0.5, 0.6) is 0 Å². The zero-order valence-electron chi connectivity index (χ0n) is 14.9. The number of amides is 1. The number of likely N-dealkylation sites (tertiary alicyclic amines) is 1. The van der Waals surface area contributed by atoms with Gasteiger partial charge in [-0.15, -0.1) is 11.3 Å². The third kappa shape index (κ3) is 4.15. The number of piperidine rings is 1. The van der Waals surface area contributed by atoms with Crippen LogP contribution in [0.2, 0.25) is 0 Å². The van der Waals surface area contributed by atoms with Crippen molar-refractivity contribution in [3.8, 4) is 0 Å². The van der Waals surface area contributed by atoms with E-state index in [2.05, 4.69) is 9.97 Å². The zero-order chi connectivity index (χ0) is 18.0. The first kappa shape index (κ1) is 17.8. The maximum Gasteiger partial charge on any atom is 0.273 e. The van der Waals surface area contributed by atoms with Crippen LogP contribution in [0.4, 0.5) is 0 Å². The van der Waals surface area contributed by atoms with E-state index >= 15 is 0 Å².